The molecule has 31 heavy (non-hydrogen) atoms. The second kappa shape index (κ2) is 9.67. The van der Waals surface area contributed by atoms with Crippen LogP contribution in [0.4, 0.5) is 0 Å². The van der Waals surface area contributed by atoms with Gasteiger partial charge in [0, 0.05) is 22.2 Å². The number of aryl methyl sites for hydroxylation is 2. The van der Waals surface area contributed by atoms with Crippen LogP contribution in [0.2, 0.25) is 0 Å². The van der Waals surface area contributed by atoms with Gasteiger partial charge >= 0.3 is 0 Å². The number of benzene rings is 3. The maximum absolute atomic E-state index is 6.50. The third-order valence-corrected chi connectivity index (χ3v) is 5.18. The lowest BCUT2D eigenvalue weighted by Gasteiger charge is -2.13. The Morgan fingerprint density at radius 3 is 1.29 bits per heavy atom. The zero-order valence-corrected chi connectivity index (χ0v) is 18.2. The van der Waals surface area contributed by atoms with E-state index in [2.05, 4.69) is 92.5 Å². The molecule has 2 heterocycles. The molecule has 0 spiro atoms. The zero-order chi connectivity index (χ0) is 21.1. The van der Waals surface area contributed by atoms with Crippen LogP contribution < -0.4 is 5.90 Å². The third-order valence-electron chi connectivity index (χ3n) is 5.18. The number of aromatic nitrogens is 2. The number of pyridine rings is 2. The van der Waals surface area contributed by atoms with E-state index in [1.54, 1.807) is 0 Å². The first-order valence-electron chi connectivity index (χ1n) is 9.79. The average molecular weight is 430 g/mol. The molecule has 4 nitrogen and oxygen atoms in total. The van der Waals surface area contributed by atoms with E-state index in [1.165, 1.54) is 22.3 Å². The van der Waals surface area contributed by atoms with E-state index in [-0.39, 0.29) is 12.4 Å². The molecule has 2 aromatic heterocycles. The van der Waals surface area contributed by atoms with Crippen LogP contribution in [0, 0.1) is 13.8 Å². The van der Waals surface area contributed by atoms with Crippen LogP contribution in [0.1, 0.15) is 11.4 Å². The number of hydrogen-bond donors (Lipinski definition) is 2. The van der Waals surface area contributed by atoms with Gasteiger partial charge in [-0.1, -0.05) is 72.8 Å². The largest absolute Gasteiger partial charge is 0.320 e. The third kappa shape index (κ3) is 4.28. The van der Waals surface area contributed by atoms with Crippen molar-refractivity contribution < 1.29 is 5.21 Å². The van der Waals surface area contributed by atoms with Crippen LogP contribution in [-0.4, -0.2) is 15.2 Å². The minimum Gasteiger partial charge on any atom is -0.320 e. The van der Waals surface area contributed by atoms with Crippen LogP contribution in [0.25, 0.3) is 44.1 Å². The fraction of sp³-hybridized carbons (Fsp3) is 0.0769. The molecular weight excluding hydrogens is 406 g/mol. The van der Waals surface area contributed by atoms with Gasteiger partial charge in [0.2, 0.25) is 0 Å². The molecule has 0 aliphatic carbocycles. The molecule has 5 rings (SSSR count). The Morgan fingerprint density at radius 2 is 0.935 bits per heavy atom. The van der Waals surface area contributed by atoms with Crippen molar-refractivity contribution in [2.45, 2.75) is 13.8 Å². The molecule has 5 heteroatoms. The number of nitrogens with two attached hydrogens (primary N) is 1. The molecule has 156 valence electrons. The summed E-state index contributed by atoms with van der Waals surface area (Å²) in [5, 5.41) is 8.78. The van der Waals surface area contributed by atoms with Crippen LogP contribution in [0.3, 0.4) is 0 Å². The van der Waals surface area contributed by atoms with E-state index >= 15 is 0 Å². The van der Waals surface area contributed by atoms with E-state index in [0.29, 0.717) is 0 Å². The lowest BCUT2D eigenvalue weighted by Crippen LogP contribution is -1.94. The van der Waals surface area contributed by atoms with Crippen LogP contribution in [0.15, 0.2) is 84.9 Å². The Bertz CT molecular complexity index is 1220. The molecule has 3 N–H and O–H groups in total. The molecule has 0 saturated heterocycles. The van der Waals surface area contributed by atoms with E-state index in [1.807, 2.05) is 12.1 Å². The standard InChI is InChI=1S/C26H20N2.ClH.H3NO/c1-17-15-23(19-9-5-3-6-10-19)21-13-14-22-24(20-11-7-4-8-12-20)16-18(2)28-26(22)25(21)27-17;;1-2/h3-16H,1-2H3;1H;2H,1H2. The van der Waals surface area contributed by atoms with Gasteiger partial charge in [-0.15, -0.1) is 12.4 Å². The number of halogens is 1. The zero-order valence-electron chi connectivity index (χ0n) is 17.4. The molecule has 3 aromatic carbocycles. The van der Waals surface area contributed by atoms with E-state index in [0.717, 1.165) is 33.2 Å². The fourth-order valence-electron chi connectivity index (χ4n) is 3.94. The van der Waals surface area contributed by atoms with Gasteiger partial charge in [-0.3, -0.25) is 9.97 Å². The Kier molecular flexibility index (Phi) is 6.98. The number of rotatable bonds is 2. The van der Waals surface area contributed by atoms with Gasteiger partial charge < -0.3 is 5.21 Å². The molecule has 0 aliphatic heterocycles. The highest BCUT2D eigenvalue weighted by Gasteiger charge is 2.13. The molecule has 0 bridgehead atoms. The smallest absolute Gasteiger partial charge is 0.0974 e. The summed E-state index contributed by atoms with van der Waals surface area (Å²) in [5.74, 6) is 3.50. The lowest BCUT2D eigenvalue weighted by atomic mass is 9.95. The summed E-state index contributed by atoms with van der Waals surface area (Å²) in [6, 6.07) is 29.7. The SMILES string of the molecule is Cc1cc(-c2ccccc2)c2ccc3c(-c4ccccc4)cc(C)nc3c2n1.Cl.NO. The number of hydrogen-bond acceptors (Lipinski definition) is 4. The quantitative estimate of drug-likeness (QED) is 0.248. The Morgan fingerprint density at radius 1 is 0.581 bits per heavy atom. The summed E-state index contributed by atoms with van der Waals surface area (Å²) in [5.41, 5.74) is 8.76. The second-order valence-corrected chi connectivity index (χ2v) is 7.21. The van der Waals surface area contributed by atoms with Gasteiger partial charge in [-0.25, -0.2) is 5.90 Å². The van der Waals surface area contributed by atoms with Crippen LogP contribution >= 0.6 is 12.4 Å². The van der Waals surface area contributed by atoms with Crippen molar-refractivity contribution in [3.05, 3.63) is 96.3 Å². The maximum atomic E-state index is 6.50. The first-order chi connectivity index (χ1) is 14.7. The molecule has 5 aromatic rings. The predicted octanol–water partition coefficient (Wildman–Crippen LogP) is 6.49. The summed E-state index contributed by atoms with van der Waals surface area (Å²) in [6.45, 7) is 4.11. The van der Waals surface area contributed by atoms with E-state index < -0.39 is 0 Å². The summed E-state index contributed by atoms with van der Waals surface area (Å²) in [7, 11) is 0. The minimum atomic E-state index is 0. The Labute approximate surface area is 187 Å². The summed E-state index contributed by atoms with van der Waals surface area (Å²) in [4.78, 5) is 9.81. The van der Waals surface area contributed by atoms with Crippen molar-refractivity contribution in [2.75, 3.05) is 0 Å². The second-order valence-electron chi connectivity index (χ2n) is 7.21. The maximum Gasteiger partial charge on any atom is 0.0974 e. The topological polar surface area (TPSA) is 72.0 Å². The molecule has 0 aliphatic rings. The van der Waals surface area contributed by atoms with Crippen molar-refractivity contribution in [2.24, 2.45) is 5.90 Å². The van der Waals surface area contributed by atoms with E-state index in [4.69, 9.17) is 15.2 Å². The van der Waals surface area contributed by atoms with Crippen molar-refractivity contribution in [3.8, 4) is 22.3 Å². The molecular formula is C26H24ClN3O. The van der Waals surface area contributed by atoms with Crippen LogP contribution in [0.5, 0.6) is 0 Å². The molecule has 0 atom stereocenters. The summed E-state index contributed by atoms with van der Waals surface area (Å²) >= 11 is 0. The minimum absolute atomic E-state index is 0. The molecule has 0 unspecified atom stereocenters. The molecule has 0 saturated carbocycles. The average Bonchev–Trinajstić information content (AvgIpc) is 2.80. The summed E-state index contributed by atoms with van der Waals surface area (Å²) in [6.07, 6.45) is 0. The monoisotopic (exact) mass is 429 g/mol. The molecule has 0 fully saturated rings. The molecule has 0 radical (unpaired) electrons. The van der Waals surface area contributed by atoms with Crippen molar-refractivity contribution in [1.29, 1.82) is 0 Å². The highest BCUT2D eigenvalue weighted by atomic mass is 35.5. The Balaban J connectivity index is 0.000000883. The first kappa shape index (κ1) is 22.4. The van der Waals surface area contributed by atoms with Gasteiger partial charge in [0.1, 0.15) is 0 Å². The van der Waals surface area contributed by atoms with Gasteiger partial charge in [-0.2, -0.15) is 0 Å². The molecule has 0 amide bonds. The first-order valence-corrected chi connectivity index (χ1v) is 9.79. The van der Waals surface area contributed by atoms with Crippen molar-refractivity contribution in [3.63, 3.8) is 0 Å². The highest BCUT2D eigenvalue weighted by Crippen LogP contribution is 2.36. The van der Waals surface area contributed by atoms with E-state index in [9.17, 15) is 0 Å². The van der Waals surface area contributed by atoms with Crippen LogP contribution in [-0.2, 0) is 0 Å². The normalized spacial score (nSPS) is 10.3. The summed E-state index contributed by atoms with van der Waals surface area (Å²) < 4.78 is 0. The van der Waals surface area contributed by atoms with Gasteiger partial charge in [0.15, 0.2) is 0 Å². The Hall–Kier alpha value is -3.31. The lowest BCUT2D eigenvalue weighted by molar-refractivity contribution is 0.311. The predicted molar refractivity (Wildman–Crippen MR) is 131 cm³/mol. The van der Waals surface area contributed by atoms with Gasteiger partial charge in [-0.05, 0) is 48.2 Å². The fourth-order valence-corrected chi connectivity index (χ4v) is 3.94. The van der Waals surface area contributed by atoms with Crippen molar-refractivity contribution in [1.82, 2.24) is 9.97 Å². The number of nitrogens with zero attached hydrogens (tertiary/aromatic N) is 2. The number of fused-ring (bicyclic) bond motifs is 3. The highest BCUT2D eigenvalue weighted by molar-refractivity contribution is 6.12. The van der Waals surface area contributed by atoms with Gasteiger partial charge in [0.05, 0.1) is 11.0 Å². The van der Waals surface area contributed by atoms with Crippen molar-refractivity contribution >= 4 is 34.2 Å². The van der Waals surface area contributed by atoms with Gasteiger partial charge in [0.25, 0.3) is 0 Å².